The van der Waals surface area contributed by atoms with Crippen molar-refractivity contribution in [2.75, 3.05) is 20.3 Å². The Morgan fingerprint density at radius 3 is 2.64 bits per heavy atom. The molecule has 146 valence electrons. The number of hydrogen-bond acceptors (Lipinski definition) is 6. The van der Waals surface area contributed by atoms with Crippen LogP contribution in [-0.2, 0) is 14.3 Å². The van der Waals surface area contributed by atoms with E-state index >= 15 is 0 Å². The van der Waals surface area contributed by atoms with E-state index in [1.165, 1.54) is 6.08 Å². The van der Waals surface area contributed by atoms with Crippen LogP contribution in [0.4, 0.5) is 0 Å². The van der Waals surface area contributed by atoms with Crippen molar-refractivity contribution in [1.82, 2.24) is 0 Å². The molecule has 28 heavy (non-hydrogen) atoms. The molecular formula is C22H22O6. The Labute approximate surface area is 163 Å². The number of para-hydroxylation sites is 1. The summed E-state index contributed by atoms with van der Waals surface area (Å²) in [5, 5.41) is 0. The first-order valence-electron chi connectivity index (χ1n) is 9.07. The van der Waals surface area contributed by atoms with Crippen LogP contribution in [0.25, 0.3) is 6.08 Å². The van der Waals surface area contributed by atoms with Crippen molar-refractivity contribution in [3.63, 3.8) is 0 Å². The Kier molecular flexibility index (Phi) is 6.81. The third-order valence-corrected chi connectivity index (χ3v) is 4.27. The largest absolute Gasteiger partial charge is 0.496 e. The highest BCUT2D eigenvalue weighted by atomic mass is 16.6. The SMILES string of the molecule is COc1ccccc1/C=C/C(=O)Oc1ccc(C(=O)OCC2CCCO2)cc1. The van der Waals surface area contributed by atoms with Crippen molar-refractivity contribution >= 4 is 18.0 Å². The first-order chi connectivity index (χ1) is 13.7. The number of ether oxygens (including phenoxy) is 4. The summed E-state index contributed by atoms with van der Waals surface area (Å²) in [7, 11) is 1.57. The lowest BCUT2D eigenvalue weighted by Gasteiger charge is -2.10. The van der Waals surface area contributed by atoms with Gasteiger partial charge in [-0.05, 0) is 49.2 Å². The van der Waals surface area contributed by atoms with Gasteiger partial charge in [0.15, 0.2) is 0 Å². The number of carbonyl (C=O) groups is 2. The molecule has 0 N–H and O–H groups in total. The molecule has 0 radical (unpaired) electrons. The average molecular weight is 382 g/mol. The van der Waals surface area contributed by atoms with Gasteiger partial charge in [0.1, 0.15) is 18.1 Å². The number of rotatable bonds is 7. The fourth-order valence-corrected chi connectivity index (χ4v) is 2.80. The monoisotopic (exact) mass is 382 g/mol. The first-order valence-corrected chi connectivity index (χ1v) is 9.07. The second-order valence-corrected chi connectivity index (χ2v) is 6.25. The Morgan fingerprint density at radius 1 is 1.14 bits per heavy atom. The average Bonchev–Trinajstić information content (AvgIpc) is 3.25. The molecule has 6 heteroatoms. The van der Waals surface area contributed by atoms with Gasteiger partial charge in [0.2, 0.25) is 0 Å². The van der Waals surface area contributed by atoms with Crippen molar-refractivity contribution < 1.29 is 28.5 Å². The lowest BCUT2D eigenvalue weighted by molar-refractivity contribution is -0.128. The lowest BCUT2D eigenvalue weighted by atomic mass is 10.2. The number of carbonyl (C=O) groups excluding carboxylic acids is 2. The van der Waals surface area contributed by atoms with Crippen molar-refractivity contribution in [3.05, 3.63) is 65.7 Å². The highest BCUT2D eigenvalue weighted by molar-refractivity contribution is 5.91. The van der Waals surface area contributed by atoms with Gasteiger partial charge >= 0.3 is 11.9 Å². The molecule has 1 unspecified atom stereocenters. The van der Waals surface area contributed by atoms with Crippen molar-refractivity contribution in [2.45, 2.75) is 18.9 Å². The minimum absolute atomic E-state index is 0.0146. The number of hydrogen-bond donors (Lipinski definition) is 0. The fourth-order valence-electron chi connectivity index (χ4n) is 2.80. The van der Waals surface area contributed by atoms with Crippen molar-refractivity contribution in [2.24, 2.45) is 0 Å². The summed E-state index contributed by atoms with van der Waals surface area (Å²) in [5.41, 5.74) is 1.16. The van der Waals surface area contributed by atoms with Gasteiger partial charge in [-0.1, -0.05) is 18.2 Å². The van der Waals surface area contributed by atoms with E-state index in [4.69, 9.17) is 18.9 Å². The summed E-state index contributed by atoms with van der Waals surface area (Å²) in [5.74, 6) is 0.0480. The molecule has 1 aliphatic heterocycles. The lowest BCUT2D eigenvalue weighted by Crippen LogP contribution is -2.17. The summed E-state index contributed by atoms with van der Waals surface area (Å²) in [6.07, 6.45) is 4.83. The minimum Gasteiger partial charge on any atom is -0.496 e. The van der Waals surface area contributed by atoms with Crippen LogP contribution in [-0.4, -0.2) is 38.4 Å². The van der Waals surface area contributed by atoms with Gasteiger partial charge in [-0.25, -0.2) is 9.59 Å². The third-order valence-electron chi connectivity index (χ3n) is 4.27. The predicted octanol–water partition coefficient (Wildman–Crippen LogP) is 3.65. The molecule has 0 aliphatic carbocycles. The van der Waals surface area contributed by atoms with Crippen LogP contribution < -0.4 is 9.47 Å². The zero-order chi connectivity index (χ0) is 19.8. The molecule has 1 aliphatic rings. The summed E-state index contributed by atoms with van der Waals surface area (Å²) >= 11 is 0. The maximum atomic E-state index is 12.0. The third kappa shape index (κ3) is 5.44. The maximum absolute atomic E-state index is 12.0. The van der Waals surface area contributed by atoms with E-state index in [0.29, 0.717) is 23.7 Å². The van der Waals surface area contributed by atoms with Gasteiger partial charge in [0, 0.05) is 18.2 Å². The number of esters is 2. The van der Waals surface area contributed by atoms with Crippen LogP contribution in [0.1, 0.15) is 28.8 Å². The van der Waals surface area contributed by atoms with Gasteiger partial charge in [0.25, 0.3) is 0 Å². The van der Waals surface area contributed by atoms with E-state index in [-0.39, 0.29) is 12.7 Å². The first kappa shape index (κ1) is 19.6. The Bertz CT molecular complexity index is 834. The molecule has 0 saturated carbocycles. The number of benzene rings is 2. The van der Waals surface area contributed by atoms with E-state index in [0.717, 1.165) is 18.4 Å². The molecular weight excluding hydrogens is 360 g/mol. The van der Waals surface area contributed by atoms with Gasteiger partial charge in [-0.2, -0.15) is 0 Å². The fraction of sp³-hybridized carbons (Fsp3) is 0.273. The van der Waals surface area contributed by atoms with Crippen LogP contribution in [0.15, 0.2) is 54.6 Å². The molecule has 2 aromatic carbocycles. The van der Waals surface area contributed by atoms with Crippen molar-refractivity contribution in [1.29, 1.82) is 0 Å². The van der Waals surface area contributed by atoms with Gasteiger partial charge in [-0.3, -0.25) is 0 Å². The summed E-state index contributed by atoms with van der Waals surface area (Å²) < 4.78 is 21.1. The molecule has 1 fully saturated rings. The quantitative estimate of drug-likeness (QED) is 0.414. The normalized spacial score (nSPS) is 16.1. The standard InChI is InChI=1S/C22H22O6/c1-25-20-7-3-2-5-16(20)10-13-21(23)28-18-11-8-17(9-12-18)22(24)27-15-19-6-4-14-26-19/h2-3,5,7-13,19H,4,6,14-15H2,1H3/b13-10+. The molecule has 3 rings (SSSR count). The Morgan fingerprint density at radius 2 is 1.93 bits per heavy atom. The van der Waals surface area contributed by atoms with E-state index in [2.05, 4.69) is 0 Å². The highest BCUT2D eigenvalue weighted by Crippen LogP contribution is 2.19. The van der Waals surface area contributed by atoms with Crippen LogP contribution >= 0.6 is 0 Å². The minimum atomic E-state index is -0.528. The highest BCUT2D eigenvalue weighted by Gasteiger charge is 2.18. The smallest absolute Gasteiger partial charge is 0.338 e. The molecule has 1 heterocycles. The number of methoxy groups -OCH3 is 1. The summed E-state index contributed by atoms with van der Waals surface area (Å²) in [4.78, 5) is 24.0. The molecule has 0 amide bonds. The van der Waals surface area contributed by atoms with E-state index in [9.17, 15) is 9.59 Å². The zero-order valence-electron chi connectivity index (χ0n) is 15.6. The second-order valence-electron chi connectivity index (χ2n) is 6.25. The molecule has 0 spiro atoms. The summed E-state index contributed by atoms with van der Waals surface area (Å²) in [6.45, 7) is 0.969. The molecule has 2 aromatic rings. The van der Waals surface area contributed by atoms with E-state index in [1.807, 2.05) is 24.3 Å². The van der Waals surface area contributed by atoms with Gasteiger partial charge in [0.05, 0.1) is 18.8 Å². The predicted molar refractivity (Wildman–Crippen MR) is 103 cm³/mol. The van der Waals surface area contributed by atoms with E-state index in [1.54, 1.807) is 37.5 Å². The Hall–Kier alpha value is -3.12. The van der Waals surface area contributed by atoms with Crippen LogP contribution in [0, 0.1) is 0 Å². The molecule has 6 nitrogen and oxygen atoms in total. The molecule has 0 aromatic heterocycles. The Balaban J connectivity index is 1.52. The topological polar surface area (TPSA) is 71.1 Å². The van der Waals surface area contributed by atoms with Crippen LogP contribution in [0.2, 0.25) is 0 Å². The molecule has 1 atom stereocenters. The van der Waals surface area contributed by atoms with Gasteiger partial charge < -0.3 is 18.9 Å². The van der Waals surface area contributed by atoms with Gasteiger partial charge in [-0.15, -0.1) is 0 Å². The molecule has 0 bridgehead atoms. The van der Waals surface area contributed by atoms with E-state index < -0.39 is 11.9 Å². The summed E-state index contributed by atoms with van der Waals surface area (Å²) in [6, 6.07) is 13.6. The molecule has 1 saturated heterocycles. The maximum Gasteiger partial charge on any atom is 0.338 e. The van der Waals surface area contributed by atoms with Crippen LogP contribution in [0.5, 0.6) is 11.5 Å². The zero-order valence-corrected chi connectivity index (χ0v) is 15.6. The van der Waals surface area contributed by atoms with Crippen molar-refractivity contribution in [3.8, 4) is 11.5 Å². The van der Waals surface area contributed by atoms with Crippen LogP contribution in [0.3, 0.4) is 0 Å². The second kappa shape index (κ2) is 9.71.